The molecular weight excluding hydrogens is 248 g/mol. The zero-order valence-corrected chi connectivity index (χ0v) is 11.3. The van der Waals surface area contributed by atoms with Gasteiger partial charge in [0.15, 0.2) is 0 Å². The molecule has 2 N–H and O–H groups in total. The molecule has 1 aliphatic carbocycles. The Morgan fingerprint density at radius 3 is 2.84 bits per heavy atom. The van der Waals surface area contributed by atoms with Crippen molar-refractivity contribution in [1.82, 2.24) is 10.2 Å². The van der Waals surface area contributed by atoms with Crippen LogP contribution in [0.1, 0.15) is 19.8 Å². The number of ether oxygens (including phenoxy) is 1. The first-order valence-corrected chi connectivity index (χ1v) is 6.89. The van der Waals surface area contributed by atoms with Crippen molar-refractivity contribution in [2.24, 2.45) is 11.8 Å². The number of carbonyl (C=O) groups excluding carboxylic acids is 2. The Morgan fingerprint density at radius 2 is 2.21 bits per heavy atom. The first-order chi connectivity index (χ1) is 9.11. The van der Waals surface area contributed by atoms with Crippen LogP contribution < -0.4 is 5.32 Å². The van der Waals surface area contributed by atoms with Crippen LogP contribution in [0.3, 0.4) is 0 Å². The van der Waals surface area contributed by atoms with Gasteiger partial charge in [-0.3, -0.25) is 9.59 Å². The number of aliphatic hydroxyl groups excluding tert-OH is 1. The maximum Gasteiger partial charge on any atom is 0.224 e. The highest BCUT2D eigenvalue weighted by molar-refractivity contribution is 5.82. The zero-order valence-electron chi connectivity index (χ0n) is 11.3. The second-order valence-electron chi connectivity index (χ2n) is 5.38. The third kappa shape index (κ3) is 3.91. The van der Waals surface area contributed by atoms with Crippen LogP contribution in [0.2, 0.25) is 0 Å². The van der Waals surface area contributed by atoms with Crippen molar-refractivity contribution in [2.75, 3.05) is 32.8 Å². The summed E-state index contributed by atoms with van der Waals surface area (Å²) >= 11 is 0. The monoisotopic (exact) mass is 270 g/mol. The van der Waals surface area contributed by atoms with Gasteiger partial charge in [-0.1, -0.05) is 6.92 Å². The van der Waals surface area contributed by atoms with Crippen molar-refractivity contribution in [3.63, 3.8) is 0 Å². The lowest BCUT2D eigenvalue weighted by atomic mass is 10.2. The third-order valence-corrected chi connectivity index (χ3v) is 3.78. The van der Waals surface area contributed by atoms with Gasteiger partial charge in [0.25, 0.3) is 0 Å². The molecule has 0 radical (unpaired) electrons. The highest BCUT2D eigenvalue weighted by Gasteiger charge is 2.38. The number of hydrogen-bond donors (Lipinski definition) is 2. The molecule has 1 aliphatic heterocycles. The average Bonchev–Trinajstić information content (AvgIpc) is 3.15. The number of nitrogens with zero attached hydrogens (tertiary/aromatic N) is 1. The van der Waals surface area contributed by atoms with E-state index >= 15 is 0 Å². The summed E-state index contributed by atoms with van der Waals surface area (Å²) in [4.78, 5) is 25.2. The Morgan fingerprint density at radius 1 is 1.47 bits per heavy atom. The van der Waals surface area contributed by atoms with Crippen LogP contribution in [-0.4, -0.2) is 60.8 Å². The predicted octanol–water partition coefficient (Wildman–Crippen LogP) is -0.632. The summed E-state index contributed by atoms with van der Waals surface area (Å²) in [5.41, 5.74) is 0. The number of morpholine rings is 1. The minimum Gasteiger partial charge on any atom is -0.394 e. The lowest BCUT2D eigenvalue weighted by molar-refractivity contribution is -0.140. The molecule has 108 valence electrons. The molecule has 2 fully saturated rings. The molecule has 1 heterocycles. The van der Waals surface area contributed by atoms with Crippen LogP contribution in [0.15, 0.2) is 0 Å². The predicted molar refractivity (Wildman–Crippen MR) is 68.3 cm³/mol. The lowest BCUT2D eigenvalue weighted by Gasteiger charge is -2.32. The molecule has 1 saturated heterocycles. The Kier molecular flexibility index (Phi) is 4.76. The van der Waals surface area contributed by atoms with Crippen LogP contribution >= 0.6 is 0 Å². The zero-order chi connectivity index (χ0) is 13.8. The largest absolute Gasteiger partial charge is 0.394 e. The van der Waals surface area contributed by atoms with E-state index in [9.17, 15) is 9.59 Å². The summed E-state index contributed by atoms with van der Waals surface area (Å²) < 4.78 is 5.29. The van der Waals surface area contributed by atoms with E-state index in [2.05, 4.69) is 12.2 Å². The molecule has 6 heteroatoms. The maximum absolute atomic E-state index is 11.9. The fraction of sp³-hybridized carbons (Fsp3) is 0.846. The van der Waals surface area contributed by atoms with Crippen molar-refractivity contribution in [1.29, 1.82) is 0 Å². The smallest absolute Gasteiger partial charge is 0.224 e. The van der Waals surface area contributed by atoms with Gasteiger partial charge < -0.3 is 20.1 Å². The van der Waals surface area contributed by atoms with Crippen LogP contribution in [0, 0.1) is 11.8 Å². The van der Waals surface area contributed by atoms with Crippen LogP contribution in [-0.2, 0) is 14.3 Å². The van der Waals surface area contributed by atoms with E-state index in [1.54, 1.807) is 4.90 Å². The van der Waals surface area contributed by atoms with Gasteiger partial charge in [-0.25, -0.2) is 0 Å². The molecule has 0 aromatic heterocycles. The van der Waals surface area contributed by atoms with Gasteiger partial charge in [-0.05, 0) is 12.3 Å². The first-order valence-electron chi connectivity index (χ1n) is 6.89. The molecule has 3 unspecified atom stereocenters. The van der Waals surface area contributed by atoms with Gasteiger partial charge in [-0.2, -0.15) is 0 Å². The number of hydrogen-bond acceptors (Lipinski definition) is 4. The van der Waals surface area contributed by atoms with Crippen molar-refractivity contribution in [3.05, 3.63) is 0 Å². The second-order valence-corrected chi connectivity index (χ2v) is 5.38. The van der Waals surface area contributed by atoms with E-state index in [0.29, 0.717) is 38.6 Å². The molecule has 2 aliphatic rings. The number of amides is 2. The second kappa shape index (κ2) is 6.34. The number of rotatable bonds is 5. The van der Waals surface area contributed by atoms with Crippen LogP contribution in [0.4, 0.5) is 0 Å². The molecule has 2 amide bonds. The van der Waals surface area contributed by atoms with Crippen molar-refractivity contribution in [2.45, 2.75) is 25.9 Å². The molecule has 0 spiro atoms. The minimum absolute atomic E-state index is 0.00546. The van der Waals surface area contributed by atoms with Crippen LogP contribution in [0.5, 0.6) is 0 Å². The van der Waals surface area contributed by atoms with E-state index in [1.807, 2.05) is 0 Å². The molecule has 19 heavy (non-hydrogen) atoms. The van der Waals surface area contributed by atoms with Gasteiger partial charge in [-0.15, -0.1) is 0 Å². The van der Waals surface area contributed by atoms with Gasteiger partial charge in [0.1, 0.15) is 0 Å². The van der Waals surface area contributed by atoms with Crippen molar-refractivity contribution >= 4 is 11.8 Å². The van der Waals surface area contributed by atoms with Gasteiger partial charge in [0, 0.05) is 32.0 Å². The van der Waals surface area contributed by atoms with Crippen molar-refractivity contribution in [3.8, 4) is 0 Å². The summed E-state index contributed by atoms with van der Waals surface area (Å²) in [6.07, 6.45) is 0.992. The number of carbonyl (C=O) groups is 2. The topological polar surface area (TPSA) is 78.9 Å². The van der Waals surface area contributed by atoms with E-state index < -0.39 is 0 Å². The lowest BCUT2D eigenvalue weighted by Crippen LogP contribution is -2.47. The summed E-state index contributed by atoms with van der Waals surface area (Å²) in [5.74, 6) is 0.707. The highest BCUT2D eigenvalue weighted by Crippen LogP contribution is 2.37. The van der Waals surface area contributed by atoms with E-state index in [1.165, 1.54) is 0 Å². The molecule has 0 aromatic rings. The Labute approximate surface area is 113 Å². The molecule has 6 nitrogen and oxygen atoms in total. The molecule has 2 rings (SSSR count). The van der Waals surface area contributed by atoms with Gasteiger partial charge in [0.05, 0.1) is 19.3 Å². The Hall–Kier alpha value is -1.14. The maximum atomic E-state index is 11.9. The fourth-order valence-corrected chi connectivity index (χ4v) is 2.33. The highest BCUT2D eigenvalue weighted by atomic mass is 16.5. The van der Waals surface area contributed by atoms with E-state index in [-0.39, 0.29) is 30.4 Å². The quantitative estimate of drug-likeness (QED) is 0.697. The first kappa shape index (κ1) is 14.3. The molecule has 0 aromatic carbocycles. The normalized spacial score (nSPS) is 30.0. The minimum atomic E-state index is -0.278. The number of nitrogens with one attached hydrogen (secondary N) is 1. The third-order valence-electron chi connectivity index (χ3n) is 3.78. The standard InChI is InChI=1S/C13H22N2O4/c1-9-6-11(9)13(18)14-3-2-12(17)15-4-5-19-10(7-15)8-16/h9-11,16H,2-8H2,1H3,(H,14,18). The molecule has 1 saturated carbocycles. The summed E-state index contributed by atoms with van der Waals surface area (Å²) in [6, 6.07) is 0. The summed E-state index contributed by atoms with van der Waals surface area (Å²) in [5, 5.41) is 11.8. The summed E-state index contributed by atoms with van der Waals surface area (Å²) in [6.45, 7) is 3.83. The van der Waals surface area contributed by atoms with E-state index in [0.717, 1.165) is 6.42 Å². The fourth-order valence-electron chi connectivity index (χ4n) is 2.33. The SMILES string of the molecule is CC1CC1C(=O)NCCC(=O)N1CCOC(CO)C1. The number of aliphatic hydroxyl groups is 1. The molecule has 3 atom stereocenters. The van der Waals surface area contributed by atoms with E-state index in [4.69, 9.17) is 9.84 Å². The Balaban J connectivity index is 1.65. The van der Waals surface area contributed by atoms with Crippen LogP contribution in [0.25, 0.3) is 0 Å². The molecule has 0 bridgehead atoms. The Bertz CT molecular complexity index is 348. The molecular formula is C13H22N2O4. The van der Waals surface area contributed by atoms with Gasteiger partial charge in [0.2, 0.25) is 11.8 Å². The van der Waals surface area contributed by atoms with Crippen molar-refractivity contribution < 1.29 is 19.4 Å². The summed E-state index contributed by atoms with van der Waals surface area (Å²) in [7, 11) is 0. The van der Waals surface area contributed by atoms with Gasteiger partial charge >= 0.3 is 0 Å². The average molecular weight is 270 g/mol.